The Hall–Kier alpha value is -0.120. The number of likely N-dealkylation sites (tertiary alicyclic amines) is 1. The fourth-order valence-corrected chi connectivity index (χ4v) is 3.50. The molecule has 1 atom stereocenters. The second kappa shape index (κ2) is 5.68. The van der Waals surface area contributed by atoms with Crippen molar-refractivity contribution < 1.29 is 5.11 Å². The molecule has 1 N–H and O–H groups in total. The van der Waals surface area contributed by atoms with Crippen LogP contribution in [0.4, 0.5) is 0 Å². The predicted molar refractivity (Wildman–Crippen MR) is 71.2 cm³/mol. The molecule has 1 aliphatic heterocycles. The topological polar surface area (TPSA) is 26.7 Å². The zero-order chi connectivity index (χ0) is 12.3. The van der Waals surface area contributed by atoms with Crippen LogP contribution in [-0.2, 0) is 0 Å². The second-order valence-corrected chi connectivity index (χ2v) is 6.26. The molecule has 2 fully saturated rings. The van der Waals surface area contributed by atoms with Crippen molar-refractivity contribution in [2.24, 2.45) is 0 Å². The minimum atomic E-state index is -0.399. The molecule has 1 saturated heterocycles. The molecular formula is C14H28N2O. The van der Waals surface area contributed by atoms with Crippen LogP contribution in [0.3, 0.4) is 0 Å². The van der Waals surface area contributed by atoms with Gasteiger partial charge in [-0.2, -0.15) is 0 Å². The molecule has 3 heteroatoms. The number of nitrogens with zero attached hydrogens (tertiary/aromatic N) is 2. The Labute approximate surface area is 106 Å². The smallest absolute Gasteiger partial charge is 0.0774 e. The van der Waals surface area contributed by atoms with Crippen molar-refractivity contribution in [3.63, 3.8) is 0 Å². The first-order chi connectivity index (χ1) is 8.09. The van der Waals surface area contributed by atoms with E-state index in [4.69, 9.17) is 0 Å². The maximum Gasteiger partial charge on any atom is 0.0774 e. The Kier molecular flexibility index (Phi) is 4.45. The van der Waals surface area contributed by atoms with Gasteiger partial charge in [0, 0.05) is 19.1 Å². The van der Waals surface area contributed by atoms with E-state index in [0.29, 0.717) is 6.04 Å². The molecule has 2 rings (SSSR count). The van der Waals surface area contributed by atoms with E-state index in [1.807, 2.05) is 0 Å². The van der Waals surface area contributed by atoms with Crippen LogP contribution in [0.1, 0.15) is 44.9 Å². The van der Waals surface area contributed by atoms with Gasteiger partial charge in [0.25, 0.3) is 0 Å². The van der Waals surface area contributed by atoms with Gasteiger partial charge in [0.15, 0.2) is 0 Å². The Morgan fingerprint density at radius 2 is 1.94 bits per heavy atom. The molecule has 1 heterocycles. The van der Waals surface area contributed by atoms with Crippen molar-refractivity contribution in [2.75, 3.05) is 33.7 Å². The molecule has 0 spiro atoms. The summed E-state index contributed by atoms with van der Waals surface area (Å²) in [6.45, 7) is 3.21. The van der Waals surface area contributed by atoms with Crippen LogP contribution >= 0.6 is 0 Å². The third-order valence-corrected chi connectivity index (χ3v) is 4.54. The lowest BCUT2D eigenvalue weighted by atomic mass is 9.84. The van der Waals surface area contributed by atoms with Gasteiger partial charge in [0.2, 0.25) is 0 Å². The molecule has 0 amide bonds. The number of rotatable bonds is 4. The van der Waals surface area contributed by atoms with Crippen LogP contribution in [0.15, 0.2) is 0 Å². The highest BCUT2D eigenvalue weighted by atomic mass is 16.3. The highest BCUT2D eigenvalue weighted by Gasteiger charge is 2.31. The minimum absolute atomic E-state index is 0.399. The Morgan fingerprint density at radius 1 is 1.24 bits per heavy atom. The summed E-state index contributed by atoms with van der Waals surface area (Å²) >= 11 is 0. The molecule has 1 unspecified atom stereocenters. The molecular weight excluding hydrogens is 212 g/mol. The summed E-state index contributed by atoms with van der Waals surface area (Å²) in [4.78, 5) is 4.80. The third-order valence-electron chi connectivity index (χ3n) is 4.54. The van der Waals surface area contributed by atoms with Crippen LogP contribution in [0.25, 0.3) is 0 Å². The summed E-state index contributed by atoms with van der Waals surface area (Å²) < 4.78 is 0. The lowest BCUT2D eigenvalue weighted by Gasteiger charge is -2.37. The summed E-state index contributed by atoms with van der Waals surface area (Å²) in [5.74, 6) is 0. The maximum atomic E-state index is 10.5. The number of likely N-dealkylation sites (N-methyl/N-ethyl adjacent to an activating group) is 2. The van der Waals surface area contributed by atoms with Crippen molar-refractivity contribution in [2.45, 2.75) is 56.6 Å². The standard InChI is InChI=1S/C14H28N2O/c1-15(11-13-7-6-10-16(13)2)12-14(17)8-4-3-5-9-14/h13,17H,3-12H2,1-2H3. The minimum Gasteiger partial charge on any atom is -0.389 e. The van der Waals surface area contributed by atoms with Gasteiger partial charge in [-0.15, -0.1) is 0 Å². The van der Waals surface area contributed by atoms with Crippen LogP contribution in [0.5, 0.6) is 0 Å². The van der Waals surface area contributed by atoms with Crippen LogP contribution in [0.2, 0.25) is 0 Å². The van der Waals surface area contributed by atoms with E-state index in [0.717, 1.165) is 25.9 Å². The lowest BCUT2D eigenvalue weighted by molar-refractivity contribution is -0.0237. The Bertz CT molecular complexity index is 238. The lowest BCUT2D eigenvalue weighted by Crippen LogP contribution is -2.46. The van der Waals surface area contributed by atoms with E-state index in [2.05, 4.69) is 23.9 Å². The number of aliphatic hydroxyl groups is 1. The number of hydrogen-bond acceptors (Lipinski definition) is 3. The molecule has 17 heavy (non-hydrogen) atoms. The molecule has 0 bridgehead atoms. The first-order valence-electron chi connectivity index (χ1n) is 7.20. The maximum absolute atomic E-state index is 10.5. The summed E-state index contributed by atoms with van der Waals surface area (Å²) in [5, 5.41) is 10.5. The quantitative estimate of drug-likeness (QED) is 0.810. The Morgan fingerprint density at radius 3 is 2.53 bits per heavy atom. The van der Waals surface area contributed by atoms with Crippen molar-refractivity contribution in [1.29, 1.82) is 0 Å². The molecule has 0 aromatic carbocycles. The molecule has 0 aromatic rings. The third kappa shape index (κ3) is 3.67. The molecule has 0 aromatic heterocycles. The van der Waals surface area contributed by atoms with E-state index in [1.165, 1.54) is 38.6 Å². The highest BCUT2D eigenvalue weighted by molar-refractivity contribution is 4.87. The predicted octanol–water partition coefficient (Wildman–Crippen LogP) is 1.71. The molecule has 100 valence electrons. The fraction of sp³-hybridized carbons (Fsp3) is 1.00. The van der Waals surface area contributed by atoms with E-state index in [9.17, 15) is 5.11 Å². The van der Waals surface area contributed by atoms with Crippen molar-refractivity contribution in [1.82, 2.24) is 9.80 Å². The van der Waals surface area contributed by atoms with E-state index < -0.39 is 5.60 Å². The van der Waals surface area contributed by atoms with Gasteiger partial charge in [-0.3, -0.25) is 0 Å². The summed E-state index contributed by atoms with van der Waals surface area (Å²) in [6, 6.07) is 0.701. The second-order valence-electron chi connectivity index (χ2n) is 6.26. The molecule has 1 aliphatic carbocycles. The van der Waals surface area contributed by atoms with Gasteiger partial charge < -0.3 is 14.9 Å². The first kappa shape index (κ1) is 13.3. The zero-order valence-electron chi connectivity index (χ0n) is 11.5. The van der Waals surface area contributed by atoms with Crippen molar-refractivity contribution >= 4 is 0 Å². The first-order valence-corrected chi connectivity index (χ1v) is 7.20. The van der Waals surface area contributed by atoms with Crippen molar-refractivity contribution in [3.05, 3.63) is 0 Å². The normalized spacial score (nSPS) is 30.0. The summed E-state index contributed by atoms with van der Waals surface area (Å²) in [6.07, 6.45) is 8.35. The highest BCUT2D eigenvalue weighted by Crippen LogP contribution is 2.28. The van der Waals surface area contributed by atoms with E-state index >= 15 is 0 Å². The van der Waals surface area contributed by atoms with E-state index in [-0.39, 0.29) is 0 Å². The van der Waals surface area contributed by atoms with Gasteiger partial charge in [-0.1, -0.05) is 19.3 Å². The molecule has 3 nitrogen and oxygen atoms in total. The number of hydrogen-bond donors (Lipinski definition) is 1. The Balaban J connectivity index is 1.77. The van der Waals surface area contributed by atoms with Gasteiger partial charge >= 0.3 is 0 Å². The van der Waals surface area contributed by atoms with E-state index in [1.54, 1.807) is 0 Å². The average Bonchev–Trinajstić information content (AvgIpc) is 2.64. The van der Waals surface area contributed by atoms with Gasteiger partial charge in [-0.25, -0.2) is 0 Å². The molecule has 0 radical (unpaired) electrons. The van der Waals surface area contributed by atoms with Gasteiger partial charge in [0.05, 0.1) is 5.60 Å². The van der Waals surface area contributed by atoms with Crippen LogP contribution < -0.4 is 0 Å². The van der Waals surface area contributed by atoms with Crippen LogP contribution in [-0.4, -0.2) is 60.3 Å². The fourth-order valence-electron chi connectivity index (χ4n) is 3.50. The SMILES string of the molecule is CN(CC1CCCN1C)CC1(O)CCCCC1. The monoisotopic (exact) mass is 240 g/mol. The zero-order valence-corrected chi connectivity index (χ0v) is 11.5. The van der Waals surface area contributed by atoms with Gasteiger partial charge in [-0.05, 0) is 46.3 Å². The molecule has 1 saturated carbocycles. The summed E-state index contributed by atoms with van der Waals surface area (Å²) in [5.41, 5.74) is -0.399. The van der Waals surface area contributed by atoms with Crippen LogP contribution in [0, 0.1) is 0 Å². The largest absolute Gasteiger partial charge is 0.389 e. The van der Waals surface area contributed by atoms with Gasteiger partial charge in [0.1, 0.15) is 0 Å². The van der Waals surface area contributed by atoms with Crippen molar-refractivity contribution in [3.8, 4) is 0 Å². The molecule has 2 aliphatic rings. The average molecular weight is 240 g/mol. The summed E-state index contributed by atoms with van der Waals surface area (Å²) in [7, 11) is 4.39.